The van der Waals surface area contributed by atoms with E-state index in [0.29, 0.717) is 6.54 Å². The Kier molecular flexibility index (Phi) is 2.63. The molecule has 0 fully saturated rings. The van der Waals surface area contributed by atoms with Crippen LogP contribution in [0.1, 0.15) is 5.56 Å². The predicted octanol–water partition coefficient (Wildman–Crippen LogP) is 2.84. The van der Waals surface area contributed by atoms with Crippen LogP contribution in [-0.2, 0) is 6.54 Å². The summed E-state index contributed by atoms with van der Waals surface area (Å²) in [5.41, 5.74) is 2.10. The average molecular weight is 200 g/mol. The van der Waals surface area contributed by atoms with E-state index in [1.165, 1.54) is 0 Å². The molecule has 0 spiro atoms. The molecule has 1 aromatic carbocycles. The van der Waals surface area contributed by atoms with E-state index in [1.54, 1.807) is 6.20 Å². The van der Waals surface area contributed by atoms with Gasteiger partial charge in [-0.3, -0.25) is 4.98 Å². The fourth-order valence-electron chi connectivity index (χ4n) is 1.33. The van der Waals surface area contributed by atoms with Crippen LogP contribution in [-0.4, -0.2) is 10.1 Å². The second kappa shape index (κ2) is 4.09. The molecule has 3 heteroatoms. The summed E-state index contributed by atoms with van der Waals surface area (Å²) in [5, 5.41) is 3.49. The van der Waals surface area contributed by atoms with E-state index in [0.717, 1.165) is 16.5 Å². The first kappa shape index (κ1) is 9.00. The maximum absolute atomic E-state index is 4.51. The van der Waals surface area contributed by atoms with Crippen molar-refractivity contribution in [1.29, 1.82) is 0 Å². The predicted molar refractivity (Wildman–Crippen MR) is 60.5 cm³/mol. The van der Waals surface area contributed by atoms with E-state index >= 15 is 0 Å². The molecular formula is C11H8N2S. The molecule has 0 atom stereocenters. The number of isothiocyanates is 1. The highest BCUT2D eigenvalue weighted by atomic mass is 32.1. The molecule has 0 amide bonds. The van der Waals surface area contributed by atoms with Gasteiger partial charge in [0.2, 0.25) is 0 Å². The molecule has 1 heterocycles. The van der Waals surface area contributed by atoms with E-state index in [-0.39, 0.29) is 0 Å². The van der Waals surface area contributed by atoms with Crippen LogP contribution in [0.15, 0.2) is 41.5 Å². The zero-order valence-electron chi connectivity index (χ0n) is 7.47. The van der Waals surface area contributed by atoms with Crippen molar-refractivity contribution < 1.29 is 0 Å². The molecule has 0 saturated heterocycles. The number of hydrogen-bond donors (Lipinski definition) is 0. The zero-order chi connectivity index (χ0) is 9.80. The Hall–Kier alpha value is -1.57. The Labute approximate surface area is 87.3 Å². The van der Waals surface area contributed by atoms with Crippen molar-refractivity contribution in [2.24, 2.45) is 4.99 Å². The summed E-state index contributed by atoms with van der Waals surface area (Å²) in [5.74, 6) is 0. The van der Waals surface area contributed by atoms with Crippen LogP contribution in [0.3, 0.4) is 0 Å². The summed E-state index contributed by atoms with van der Waals surface area (Å²) in [6.07, 6.45) is 1.79. The first-order valence-corrected chi connectivity index (χ1v) is 4.68. The van der Waals surface area contributed by atoms with E-state index in [9.17, 15) is 0 Å². The molecule has 0 unspecified atom stereocenters. The minimum atomic E-state index is 0.579. The number of benzene rings is 1. The molecule has 0 aliphatic carbocycles. The van der Waals surface area contributed by atoms with Crippen molar-refractivity contribution in [1.82, 2.24) is 4.98 Å². The van der Waals surface area contributed by atoms with Gasteiger partial charge in [0.1, 0.15) is 0 Å². The zero-order valence-corrected chi connectivity index (χ0v) is 8.29. The largest absolute Gasteiger partial charge is 0.256 e. The summed E-state index contributed by atoms with van der Waals surface area (Å²) in [6.45, 7) is 0.579. The highest BCUT2D eigenvalue weighted by Crippen LogP contribution is 2.13. The lowest BCUT2D eigenvalue weighted by Gasteiger charge is -1.98. The molecule has 68 valence electrons. The van der Waals surface area contributed by atoms with Crippen molar-refractivity contribution in [2.45, 2.75) is 6.54 Å². The van der Waals surface area contributed by atoms with Crippen LogP contribution in [0.5, 0.6) is 0 Å². The molecular weight excluding hydrogens is 192 g/mol. The molecule has 2 rings (SSSR count). The second-order valence-corrected chi connectivity index (χ2v) is 3.12. The van der Waals surface area contributed by atoms with Gasteiger partial charge in [-0.25, -0.2) is 4.99 Å². The van der Waals surface area contributed by atoms with E-state index in [2.05, 4.69) is 27.4 Å². The third kappa shape index (κ3) is 1.84. The minimum Gasteiger partial charge on any atom is -0.256 e. The van der Waals surface area contributed by atoms with Gasteiger partial charge < -0.3 is 0 Å². The number of pyridine rings is 1. The minimum absolute atomic E-state index is 0.579. The quantitative estimate of drug-likeness (QED) is 0.550. The number of nitrogens with zero attached hydrogens (tertiary/aromatic N) is 2. The Balaban J connectivity index is 2.45. The van der Waals surface area contributed by atoms with Crippen LogP contribution in [0.25, 0.3) is 10.9 Å². The normalized spacial score (nSPS) is 9.71. The third-order valence-electron chi connectivity index (χ3n) is 2.00. The standard InChI is InChI=1S/C11H8N2S/c14-8-12-7-9-3-4-10-2-1-5-13-11(10)6-9/h1-6H,7H2. The number of thiocarbonyl (C=S) groups is 1. The Morgan fingerprint density at radius 3 is 3.14 bits per heavy atom. The molecule has 0 saturated carbocycles. The van der Waals surface area contributed by atoms with Gasteiger partial charge in [0.25, 0.3) is 0 Å². The lowest BCUT2D eigenvalue weighted by molar-refractivity contribution is 1.08. The summed E-state index contributed by atoms with van der Waals surface area (Å²) >= 11 is 4.51. The number of aliphatic imine (C=N–C) groups is 1. The maximum atomic E-state index is 4.51. The van der Waals surface area contributed by atoms with Gasteiger partial charge in [-0.15, -0.1) is 0 Å². The van der Waals surface area contributed by atoms with Crippen LogP contribution in [0.4, 0.5) is 0 Å². The first-order chi connectivity index (χ1) is 6.90. The van der Waals surface area contributed by atoms with Crippen molar-refractivity contribution in [3.05, 3.63) is 42.1 Å². The number of hydrogen-bond acceptors (Lipinski definition) is 3. The molecule has 2 aromatic rings. The summed E-state index contributed by atoms with van der Waals surface area (Å²) in [7, 11) is 0. The summed E-state index contributed by atoms with van der Waals surface area (Å²) in [6, 6.07) is 10.0. The van der Waals surface area contributed by atoms with Crippen molar-refractivity contribution in [3.63, 3.8) is 0 Å². The molecule has 14 heavy (non-hydrogen) atoms. The lowest BCUT2D eigenvalue weighted by Crippen LogP contribution is -1.83. The van der Waals surface area contributed by atoms with Crippen LogP contribution in [0, 0.1) is 0 Å². The topological polar surface area (TPSA) is 25.2 Å². The Morgan fingerprint density at radius 2 is 2.29 bits per heavy atom. The fourth-order valence-corrected chi connectivity index (χ4v) is 1.40. The van der Waals surface area contributed by atoms with Crippen molar-refractivity contribution in [3.8, 4) is 0 Å². The van der Waals surface area contributed by atoms with E-state index in [4.69, 9.17) is 0 Å². The summed E-state index contributed by atoms with van der Waals surface area (Å²) in [4.78, 5) is 8.15. The summed E-state index contributed by atoms with van der Waals surface area (Å²) < 4.78 is 0. The molecule has 2 nitrogen and oxygen atoms in total. The first-order valence-electron chi connectivity index (χ1n) is 4.27. The molecule has 0 aliphatic heterocycles. The lowest BCUT2D eigenvalue weighted by atomic mass is 10.1. The smallest absolute Gasteiger partial charge is 0.0744 e. The van der Waals surface area contributed by atoms with Gasteiger partial charge in [0.15, 0.2) is 0 Å². The molecule has 0 aliphatic rings. The number of fused-ring (bicyclic) bond motifs is 1. The third-order valence-corrected chi connectivity index (χ3v) is 2.13. The molecule has 0 N–H and O–H groups in total. The maximum Gasteiger partial charge on any atom is 0.0744 e. The van der Waals surface area contributed by atoms with Crippen molar-refractivity contribution >= 4 is 28.3 Å². The van der Waals surface area contributed by atoms with Gasteiger partial charge in [-0.1, -0.05) is 18.2 Å². The Bertz CT molecular complexity index is 501. The van der Waals surface area contributed by atoms with Crippen LogP contribution in [0.2, 0.25) is 0 Å². The molecule has 1 aromatic heterocycles. The van der Waals surface area contributed by atoms with E-state index < -0.39 is 0 Å². The van der Waals surface area contributed by atoms with Gasteiger partial charge in [-0.2, -0.15) is 0 Å². The van der Waals surface area contributed by atoms with Crippen LogP contribution < -0.4 is 0 Å². The SMILES string of the molecule is S=C=NCc1ccc2cccnc2c1. The van der Waals surface area contributed by atoms with Gasteiger partial charge in [0, 0.05) is 11.6 Å². The average Bonchev–Trinajstić information content (AvgIpc) is 2.26. The molecule has 0 radical (unpaired) electrons. The number of aromatic nitrogens is 1. The highest BCUT2D eigenvalue weighted by Gasteiger charge is 1.95. The highest BCUT2D eigenvalue weighted by molar-refractivity contribution is 7.78. The van der Waals surface area contributed by atoms with Gasteiger partial charge in [-0.05, 0) is 29.9 Å². The second-order valence-electron chi connectivity index (χ2n) is 2.94. The Morgan fingerprint density at radius 1 is 1.36 bits per heavy atom. The number of rotatable bonds is 2. The fraction of sp³-hybridized carbons (Fsp3) is 0.0909. The molecule has 0 bridgehead atoms. The van der Waals surface area contributed by atoms with Crippen molar-refractivity contribution in [2.75, 3.05) is 0 Å². The van der Waals surface area contributed by atoms with E-state index in [1.807, 2.05) is 30.3 Å². The monoisotopic (exact) mass is 200 g/mol. The van der Waals surface area contributed by atoms with Gasteiger partial charge >= 0.3 is 0 Å². The van der Waals surface area contributed by atoms with Gasteiger partial charge in [0.05, 0.1) is 17.2 Å². The van der Waals surface area contributed by atoms with Crippen LogP contribution >= 0.6 is 12.2 Å².